The maximum atomic E-state index is 5.11. The smallest absolute Gasteiger partial charge is 0.146 e. The van der Waals surface area contributed by atoms with Crippen LogP contribution in [0.5, 0.6) is 0 Å². The molecule has 0 spiro atoms. The van der Waals surface area contributed by atoms with Gasteiger partial charge in [0.15, 0.2) is 0 Å². The van der Waals surface area contributed by atoms with E-state index in [1.807, 2.05) is 27.7 Å². The van der Waals surface area contributed by atoms with E-state index in [9.17, 15) is 0 Å². The monoisotopic (exact) mass is 180 g/mol. The van der Waals surface area contributed by atoms with Gasteiger partial charge in [-0.25, -0.2) is 0 Å². The van der Waals surface area contributed by atoms with Gasteiger partial charge in [-0.15, -0.1) is 0 Å². The third-order valence-corrected chi connectivity index (χ3v) is 0.575. The molecule has 0 rings (SSSR count). The van der Waals surface area contributed by atoms with Crippen LogP contribution in [0.1, 0.15) is 27.7 Å². The third kappa shape index (κ3) is 52.1. The lowest BCUT2D eigenvalue weighted by Crippen LogP contribution is -2.06. The van der Waals surface area contributed by atoms with Crippen molar-refractivity contribution in [1.29, 1.82) is 0 Å². The molecule has 0 atom stereocenters. The molecule has 4 nitrogen and oxygen atoms in total. The van der Waals surface area contributed by atoms with Crippen LogP contribution in [-0.2, 0) is 9.47 Å². The van der Waals surface area contributed by atoms with E-state index in [0.29, 0.717) is 12.8 Å². The molecule has 0 radical (unpaired) electrons. The molecule has 12 heavy (non-hydrogen) atoms. The Morgan fingerprint density at radius 3 is 1.50 bits per heavy atom. The molecule has 0 aliphatic rings. The van der Waals surface area contributed by atoms with Gasteiger partial charge in [-0.1, -0.05) is 13.8 Å². The Kier molecular flexibility index (Phi) is 25.3. The summed E-state index contributed by atoms with van der Waals surface area (Å²) in [6, 6.07) is 0.333. The summed E-state index contributed by atoms with van der Waals surface area (Å²) in [5, 5.41) is 0. The number of ether oxygens (including phenoxy) is 2. The van der Waals surface area contributed by atoms with Gasteiger partial charge < -0.3 is 21.4 Å². The molecule has 78 valence electrons. The first-order valence-corrected chi connectivity index (χ1v) is 4.06. The zero-order valence-electron chi connectivity index (χ0n) is 8.80. The largest absolute Gasteiger partial charge is 0.356 e. The number of nitrogens with two attached hydrogens (primary N) is 1. The normalized spacial score (nSPS) is 8.50. The average molecular weight is 180 g/mol. The summed E-state index contributed by atoms with van der Waals surface area (Å²) in [6.07, 6.45) is 0. The fourth-order valence-corrected chi connectivity index (χ4v) is 0.226. The van der Waals surface area contributed by atoms with Crippen LogP contribution in [-0.4, -0.2) is 26.0 Å². The Hall–Kier alpha value is -0.160. The van der Waals surface area contributed by atoms with Crippen LogP contribution in [0, 0.1) is 0 Å². The molecular formula is C8H24N2O2. The van der Waals surface area contributed by atoms with Crippen LogP contribution >= 0.6 is 0 Å². The molecule has 0 heterocycles. The lowest BCUT2D eigenvalue weighted by Gasteiger charge is -1.97. The highest BCUT2D eigenvalue weighted by molar-refractivity contribution is 4.32. The Labute approximate surface area is 76.0 Å². The van der Waals surface area contributed by atoms with E-state index < -0.39 is 0 Å². The van der Waals surface area contributed by atoms with Crippen LogP contribution in [0.15, 0.2) is 0 Å². The second-order valence-corrected chi connectivity index (χ2v) is 2.35. The fraction of sp³-hybridized carbons (Fsp3) is 1.00. The van der Waals surface area contributed by atoms with Crippen LogP contribution in [0.2, 0.25) is 0 Å². The Morgan fingerprint density at radius 2 is 1.33 bits per heavy atom. The van der Waals surface area contributed by atoms with Crippen molar-refractivity contribution in [3.63, 3.8) is 0 Å². The van der Waals surface area contributed by atoms with Gasteiger partial charge in [-0.05, 0) is 19.9 Å². The van der Waals surface area contributed by atoms with Crippen LogP contribution in [0.3, 0.4) is 0 Å². The maximum Gasteiger partial charge on any atom is 0.146 e. The first-order valence-electron chi connectivity index (χ1n) is 4.06. The molecule has 0 amide bonds. The van der Waals surface area contributed by atoms with Crippen molar-refractivity contribution in [1.82, 2.24) is 6.15 Å². The van der Waals surface area contributed by atoms with Gasteiger partial charge in [0.05, 0.1) is 0 Å². The lowest BCUT2D eigenvalue weighted by molar-refractivity contribution is -0.0445. The second-order valence-electron chi connectivity index (χ2n) is 2.35. The van der Waals surface area contributed by atoms with E-state index in [0.717, 1.165) is 13.2 Å². The molecule has 0 saturated heterocycles. The summed E-state index contributed by atoms with van der Waals surface area (Å²) < 4.78 is 9.70. The molecule has 0 bridgehead atoms. The molecule has 0 aromatic carbocycles. The third-order valence-electron chi connectivity index (χ3n) is 0.575. The van der Waals surface area contributed by atoms with Crippen LogP contribution in [0.25, 0.3) is 0 Å². The minimum absolute atomic E-state index is 0. The van der Waals surface area contributed by atoms with Crippen LogP contribution < -0.4 is 11.9 Å². The first kappa shape index (κ1) is 17.8. The molecule has 0 aromatic rings. The van der Waals surface area contributed by atoms with Crippen molar-refractivity contribution in [2.24, 2.45) is 5.73 Å². The van der Waals surface area contributed by atoms with E-state index in [1.54, 1.807) is 0 Å². The Bertz CT molecular complexity index is 54.3. The minimum Gasteiger partial charge on any atom is -0.356 e. The van der Waals surface area contributed by atoms with E-state index in [-0.39, 0.29) is 6.15 Å². The number of rotatable bonds is 4. The van der Waals surface area contributed by atoms with E-state index in [4.69, 9.17) is 15.2 Å². The van der Waals surface area contributed by atoms with E-state index in [2.05, 4.69) is 0 Å². The Balaban J connectivity index is -0.000000142. The minimum atomic E-state index is 0. The zero-order chi connectivity index (χ0) is 9.11. The summed E-state index contributed by atoms with van der Waals surface area (Å²) >= 11 is 0. The number of hydrogen-bond acceptors (Lipinski definition) is 4. The van der Waals surface area contributed by atoms with Crippen molar-refractivity contribution in [2.45, 2.75) is 33.7 Å². The van der Waals surface area contributed by atoms with Crippen molar-refractivity contribution in [2.75, 3.05) is 20.0 Å². The average Bonchev–Trinajstić information content (AvgIpc) is 1.88. The molecule has 0 unspecified atom stereocenters. The van der Waals surface area contributed by atoms with Gasteiger partial charge in [0.1, 0.15) is 6.79 Å². The molecular weight excluding hydrogens is 156 g/mol. The first-order chi connectivity index (χ1) is 5.15. The van der Waals surface area contributed by atoms with Crippen molar-refractivity contribution in [3.8, 4) is 0 Å². The van der Waals surface area contributed by atoms with Gasteiger partial charge in [0.25, 0.3) is 0 Å². The van der Waals surface area contributed by atoms with Gasteiger partial charge in [0, 0.05) is 13.2 Å². The second kappa shape index (κ2) is 17.1. The summed E-state index contributed by atoms with van der Waals surface area (Å²) in [7, 11) is 0. The molecule has 5 N–H and O–H groups in total. The SMILES string of the molecule is CC(C)N.CCOCOCC.N. The van der Waals surface area contributed by atoms with E-state index >= 15 is 0 Å². The summed E-state index contributed by atoms with van der Waals surface area (Å²) in [5.41, 5.74) is 5.11. The van der Waals surface area contributed by atoms with Gasteiger partial charge in [-0.3, -0.25) is 0 Å². The van der Waals surface area contributed by atoms with Gasteiger partial charge >= 0.3 is 0 Å². The highest BCUT2D eigenvalue weighted by Crippen LogP contribution is 1.74. The molecule has 0 fully saturated rings. The molecule has 0 aliphatic carbocycles. The van der Waals surface area contributed by atoms with Crippen LogP contribution in [0.4, 0.5) is 0 Å². The fourth-order valence-electron chi connectivity index (χ4n) is 0.226. The number of hydrogen-bond donors (Lipinski definition) is 2. The lowest BCUT2D eigenvalue weighted by atomic mass is 10.5. The maximum absolute atomic E-state index is 5.11. The molecule has 0 aliphatic heterocycles. The topological polar surface area (TPSA) is 79.5 Å². The quantitative estimate of drug-likeness (QED) is 0.508. The van der Waals surface area contributed by atoms with Crippen molar-refractivity contribution >= 4 is 0 Å². The zero-order valence-corrected chi connectivity index (χ0v) is 8.80. The summed E-state index contributed by atoms with van der Waals surface area (Å²) in [5.74, 6) is 0. The predicted octanol–water partition coefficient (Wildman–Crippen LogP) is 1.53. The molecule has 0 aromatic heterocycles. The highest BCUT2D eigenvalue weighted by atomic mass is 16.7. The summed E-state index contributed by atoms with van der Waals surface area (Å²) in [4.78, 5) is 0. The van der Waals surface area contributed by atoms with E-state index in [1.165, 1.54) is 0 Å². The van der Waals surface area contributed by atoms with Gasteiger partial charge in [-0.2, -0.15) is 0 Å². The van der Waals surface area contributed by atoms with Crippen molar-refractivity contribution < 1.29 is 9.47 Å². The standard InChI is InChI=1S/C5H12O2.C3H9N.H3N/c1-3-6-5-7-4-2;1-3(2)4;/h3-5H2,1-2H3;3H,4H2,1-2H3;1H3. The predicted molar refractivity (Wildman–Crippen MR) is 52.5 cm³/mol. The van der Waals surface area contributed by atoms with Gasteiger partial charge in [0.2, 0.25) is 0 Å². The summed E-state index contributed by atoms with van der Waals surface area (Å²) in [6.45, 7) is 9.69. The molecule has 0 saturated carbocycles. The van der Waals surface area contributed by atoms with Crippen molar-refractivity contribution in [3.05, 3.63) is 0 Å². The highest BCUT2D eigenvalue weighted by Gasteiger charge is 1.76. The molecule has 4 heteroatoms. The Morgan fingerprint density at radius 1 is 1.08 bits per heavy atom.